The van der Waals surface area contributed by atoms with Crippen molar-refractivity contribution in [2.75, 3.05) is 25.6 Å². The molecule has 0 saturated carbocycles. The van der Waals surface area contributed by atoms with Crippen LogP contribution in [-0.2, 0) is 17.7 Å². The number of carbonyl (C=O) groups excluding carboxylic acids is 2. The van der Waals surface area contributed by atoms with Gasteiger partial charge in [-0.25, -0.2) is 4.79 Å². The summed E-state index contributed by atoms with van der Waals surface area (Å²) >= 11 is 1.54. The van der Waals surface area contributed by atoms with Crippen LogP contribution in [-0.4, -0.2) is 37.2 Å². The highest BCUT2D eigenvalue weighted by atomic mass is 32.1. The molecule has 0 spiro atoms. The van der Waals surface area contributed by atoms with Gasteiger partial charge in [0.05, 0.1) is 25.8 Å². The van der Waals surface area contributed by atoms with Gasteiger partial charge >= 0.3 is 6.09 Å². The van der Waals surface area contributed by atoms with E-state index in [1.54, 1.807) is 18.9 Å². The Morgan fingerprint density at radius 1 is 1.23 bits per heavy atom. The van der Waals surface area contributed by atoms with Gasteiger partial charge in [-0.05, 0) is 35.7 Å². The summed E-state index contributed by atoms with van der Waals surface area (Å²) < 4.78 is 10.8. The van der Waals surface area contributed by atoms with E-state index in [0.717, 1.165) is 37.5 Å². The first-order valence-electron chi connectivity index (χ1n) is 10.3. The van der Waals surface area contributed by atoms with E-state index in [-0.39, 0.29) is 12.0 Å². The average molecular weight is 438 g/mol. The molecule has 0 fully saturated rings. The Balaban J connectivity index is 1.51. The van der Waals surface area contributed by atoms with E-state index in [2.05, 4.69) is 10.6 Å². The van der Waals surface area contributed by atoms with Crippen LogP contribution in [0.1, 0.15) is 39.5 Å². The molecule has 3 heterocycles. The number of nitrogens with zero attached hydrogens (tertiary/aromatic N) is 1. The number of hydrogen-bond donors (Lipinski definition) is 2. The third-order valence-electron chi connectivity index (χ3n) is 5.80. The van der Waals surface area contributed by atoms with Crippen molar-refractivity contribution in [1.82, 2.24) is 10.2 Å². The van der Waals surface area contributed by atoms with Gasteiger partial charge in [-0.3, -0.25) is 4.79 Å². The summed E-state index contributed by atoms with van der Waals surface area (Å²) in [6.07, 6.45) is -0.0882. The molecule has 0 bridgehead atoms. The largest absolute Gasteiger partial charge is 0.496 e. The number of amides is 2. The highest BCUT2D eigenvalue weighted by Gasteiger charge is 2.35. The molecule has 2 aliphatic rings. The molecule has 8 heteroatoms. The number of benzene rings is 2. The fraction of sp³-hybridized carbons (Fsp3) is 0.304. The SMILES string of the molecule is CCOC(=O)N1CCc2c(sc3c2C(=O)NC(c2c(OC)ccc4ccccc24)N3)C1. The smallest absolute Gasteiger partial charge is 0.410 e. The summed E-state index contributed by atoms with van der Waals surface area (Å²) in [5.41, 5.74) is 2.62. The fourth-order valence-corrected chi connectivity index (χ4v) is 5.67. The minimum absolute atomic E-state index is 0.101. The predicted molar refractivity (Wildman–Crippen MR) is 120 cm³/mol. The fourth-order valence-electron chi connectivity index (χ4n) is 4.38. The molecular weight excluding hydrogens is 414 g/mol. The summed E-state index contributed by atoms with van der Waals surface area (Å²) in [6.45, 7) is 3.15. The molecule has 2 aliphatic heterocycles. The predicted octanol–water partition coefficient (Wildman–Crippen LogP) is 4.28. The Kier molecular flexibility index (Phi) is 4.94. The maximum absolute atomic E-state index is 13.2. The van der Waals surface area contributed by atoms with Gasteiger partial charge in [-0.1, -0.05) is 30.3 Å². The summed E-state index contributed by atoms with van der Waals surface area (Å²) in [5, 5.41) is 9.56. The van der Waals surface area contributed by atoms with Crippen molar-refractivity contribution in [3.8, 4) is 5.75 Å². The Hall–Kier alpha value is -3.26. The van der Waals surface area contributed by atoms with Crippen molar-refractivity contribution in [2.24, 2.45) is 0 Å². The topological polar surface area (TPSA) is 79.9 Å². The molecule has 1 aromatic heterocycles. The number of fused-ring (bicyclic) bond motifs is 4. The van der Waals surface area contributed by atoms with E-state index >= 15 is 0 Å². The van der Waals surface area contributed by atoms with Crippen LogP contribution in [0.25, 0.3) is 10.8 Å². The van der Waals surface area contributed by atoms with E-state index in [1.165, 1.54) is 11.3 Å². The van der Waals surface area contributed by atoms with Crippen molar-refractivity contribution in [3.05, 3.63) is 58.0 Å². The molecule has 160 valence electrons. The first-order chi connectivity index (χ1) is 15.1. The van der Waals surface area contributed by atoms with Gasteiger partial charge in [0.15, 0.2) is 0 Å². The Labute approximate surface area is 183 Å². The lowest BCUT2D eigenvalue weighted by atomic mass is 9.98. The van der Waals surface area contributed by atoms with E-state index in [0.29, 0.717) is 31.7 Å². The molecule has 0 saturated heterocycles. The van der Waals surface area contributed by atoms with Crippen LogP contribution in [0.15, 0.2) is 36.4 Å². The summed E-state index contributed by atoms with van der Waals surface area (Å²) in [5.74, 6) is 0.616. The molecule has 1 unspecified atom stereocenters. The highest BCUT2D eigenvalue weighted by molar-refractivity contribution is 7.16. The van der Waals surface area contributed by atoms with Gasteiger partial charge in [0.25, 0.3) is 5.91 Å². The standard InChI is InChI=1S/C23H23N3O4S/c1-3-30-23(28)26-11-10-15-17(12-26)31-22-19(15)21(27)24-20(25-22)18-14-7-5-4-6-13(14)8-9-16(18)29-2/h4-9,20,25H,3,10-12H2,1-2H3,(H,24,27). The number of carbonyl (C=O) groups is 2. The zero-order valence-electron chi connectivity index (χ0n) is 17.4. The van der Waals surface area contributed by atoms with Crippen LogP contribution >= 0.6 is 11.3 Å². The lowest BCUT2D eigenvalue weighted by molar-refractivity contribution is 0.0934. The number of anilines is 1. The van der Waals surface area contributed by atoms with Crippen molar-refractivity contribution >= 4 is 39.1 Å². The average Bonchev–Trinajstić information content (AvgIpc) is 3.16. The third-order valence-corrected chi connectivity index (χ3v) is 6.95. The van der Waals surface area contributed by atoms with Crippen molar-refractivity contribution < 1.29 is 19.1 Å². The van der Waals surface area contributed by atoms with Gasteiger partial charge in [-0.15, -0.1) is 11.3 Å². The summed E-state index contributed by atoms with van der Waals surface area (Å²) in [4.78, 5) is 28.0. The molecule has 2 N–H and O–H groups in total. The molecule has 2 aromatic carbocycles. The number of rotatable bonds is 3. The number of thiophene rings is 1. The molecule has 5 rings (SSSR count). The van der Waals surface area contributed by atoms with Gasteiger partial charge in [0.2, 0.25) is 0 Å². The number of hydrogen-bond acceptors (Lipinski definition) is 6. The van der Waals surface area contributed by atoms with Crippen LogP contribution < -0.4 is 15.4 Å². The Morgan fingerprint density at radius 3 is 2.87 bits per heavy atom. The first kappa shape index (κ1) is 19.7. The number of nitrogens with one attached hydrogen (secondary N) is 2. The van der Waals surface area contributed by atoms with Crippen LogP contribution in [0.2, 0.25) is 0 Å². The second kappa shape index (κ2) is 7.77. The number of ether oxygens (including phenoxy) is 2. The molecule has 0 aliphatic carbocycles. The van der Waals surface area contributed by atoms with E-state index in [1.807, 2.05) is 36.4 Å². The normalized spacial score (nSPS) is 17.4. The van der Waals surface area contributed by atoms with E-state index in [9.17, 15) is 9.59 Å². The second-order valence-electron chi connectivity index (χ2n) is 7.53. The quantitative estimate of drug-likeness (QED) is 0.639. The zero-order chi connectivity index (χ0) is 21.5. The Morgan fingerprint density at radius 2 is 2.06 bits per heavy atom. The van der Waals surface area contributed by atoms with Gasteiger partial charge in [0, 0.05) is 17.0 Å². The minimum Gasteiger partial charge on any atom is -0.496 e. The van der Waals surface area contributed by atoms with Crippen molar-refractivity contribution in [2.45, 2.75) is 26.1 Å². The van der Waals surface area contributed by atoms with E-state index < -0.39 is 6.17 Å². The van der Waals surface area contributed by atoms with E-state index in [4.69, 9.17) is 9.47 Å². The van der Waals surface area contributed by atoms with Gasteiger partial charge in [-0.2, -0.15) is 0 Å². The van der Waals surface area contributed by atoms with Gasteiger partial charge in [0.1, 0.15) is 16.9 Å². The summed E-state index contributed by atoms with van der Waals surface area (Å²) in [7, 11) is 1.64. The van der Waals surface area contributed by atoms with Crippen LogP contribution in [0.3, 0.4) is 0 Å². The Bertz CT molecular complexity index is 1190. The monoisotopic (exact) mass is 437 g/mol. The zero-order valence-corrected chi connectivity index (χ0v) is 18.2. The number of methoxy groups -OCH3 is 1. The maximum atomic E-state index is 13.2. The lowest BCUT2D eigenvalue weighted by Crippen LogP contribution is -2.39. The highest BCUT2D eigenvalue weighted by Crippen LogP contribution is 2.43. The molecule has 0 radical (unpaired) electrons. The van der Waals surface area contributed by atoms with Crippen LogP contribution in [0.5, 0.6) is 5.75 Å². The molecule has 1 atom stereocenters. The molecule has 7 nitrogen and oxygen atoms in total. The maximum Gasteiger partial charge on any atom is 0.410 e. The van der Waals surface area contributed by atoms with Crippen LogP contribution in [0, 0.1) is 0 Å². The molecule has 2 amide bonds. The van der Waals surface area contributed by atoms with Crippen LogP contribution in [0.4, 0.5) is 9.80 Å². The van der Waals surface area contributed by atoms with Crippen molar-refractivity contribution in [3.63, 3.8) is 0 Å². The second-order valence-corrected chi connectivity index (χ2v) is 8.64. The lowest BCUT2D eigenvalue weighted by Gasteiger charge is -2.29. The van der Waals surface area contributed by atoms with Crippen molar-refractivity contribution in [1.29, 1.82) is 0 Å². The third kappa shape index (κ3) is 3.27. The molecule has 31 heavy (non-hydrogen) atoms. The minimum atomic E-state index is -0.415. The molecule has 3 aromatic rings. The summed E-state index contributed by atoms with van der Waals surface area (Å²) in [6, 6.07) is 12.0. The van der Waals surface area contributed by atoms with Gasteiger partial charge < -0.3 is 25.0 Å². The first-order valence-corrected chi connectivity index (χ1v) is 11.1. The molecular formula is C23H23N3O4S.